The van der Waals surface area contributed by atoms with E-state index in [0.717, 1.165) is 32.0 Å². The third kappa shape index (κ3) is 2.35. The Labute approximate surface area is 146 Å². The molecule has 6 heteroatoms. The fourth-order valence-corrected chi connectivity index (χ4v) is 3.81. The van der Waals surface area contributed by atoms with Crippen LogP contribution in [0, 0.1) is 0 Å². The molecule has 0 atom stereocenters. The van der Waals surface area contributed by atoms with Crippen LogP contribution in [0.3, 0.4) is 0 Å². The van der Waals surface area contributed by atoms with Crippen LogP contribution < -0.4 is 5.32 Å². The first-order valence-electron chi connectivity index (χ1n) is 7.81. The first-order chi connectivity index (χ1) is 12.3. The number of aromatic nitrogens is 3. The molecule has 3 aromatic heterocycles. The van der Waals surface area contributed by atoms with E-state index in [1.807, 2.05) is 54.6 Å². The predicted molar refractivity (Wildman–Crippen MR) is 101 cm³/mol. The van der Waals surface area contributed by atoms with Crippen LogP contribution >= 0.6 is 11.3 Å². The Bertz CT molecular complexity index is 1220. The Hall–Kier alpha value is -3.25. The van der Waals surface area contributed by atoms with Gasteiger partial charge in [0.05, 0.1) is 21.3 Å². The van der Waals surface area contributed by atoms with E-state index in [1.165, 1.54) is 11.3 Å². The van der Waals surface area contributed by atoms with E-state index < -0.39 is 0 Å². The van der Waals surface area contributed by atoms with Crippen LogP contribution in [0.1, 0.15) is 10.5 Å². The summed E-state index contributed by atoms with van der Waals surface area (Å²) in [5.41, 5.74) is 3.11. The Morgan fingerprint density at radius 2 is 1.92 bits per heavy atom. The second-order valence-corrected chi connectivity index (χ2v) is 6.76. The molecular weight excluding hydrogens is 332 g/mol. The van der Waals surface area contributed by atoms with Crippen LogP contribution in [0.5, 0.6) is 0 Å². The molecule has 5 rings (SSSR count). The number of H-pyrrole nitrogens is 1. The van der Waals surface area contributed by atoms with Gasteiger partial charge < -0.3 is 4.98 Å². The zero-order chi connectivity index (χ0) is 16.8. The van der Waals surface area contributed by atoms with Crippen molar-refractivity contribution in [3.05, 3.63) is 66.5 Å². The number of benzene rings is 2. The Morgan fingerprint density at radius 3 is 2.84 bits per heavy atom. The van der Waals surface area contributed by atoms with Crippen molar-refractivity contribution in [2.75, 3.05) is 5.32 Å². The molecule has 0 unspecified atom stereocenters. The highest BCUT2D eigenvalue weighted by molar-refractivity contribution is 7.22. The van der Waals surface area contributed by atoms with Crippen molar-refractivity contribution in [3.63, 3.8) is 0 Å². The predicted octanol–water partition coefficient (Wildman–Crippen LogP) is 4.58. The van der Waals surface area contributed by atoms with E-state index in [2.05, 4.69) is 20.3 Å². The first-order valence-corrected chi connectivity index (χ1v) is 8.63. The number of carbonyl (C=O) groups excluding carboxylic acids is 1. The van der Waals surface area contributed by atoms with E-state index in [-0.39, 0.29) is 5.91 Å². The number of rotatable bonds is 2. The highest BCUT2D eigenvalue weighted by Crippen LogP contribution is 2.27. The Balaban J connectivity index is 1.53. The van der Waals surface area contributed by atoms with Gasteiger partial charge in [-0.25, -0.2) is 4.98 Å². The number of nitrogens with zero attached hydrogens (tertiary/aromatic N) is 2. The monoisotopic (exact) mass is 344 g/mol. The van der Waals surface area contributed by atoms with Crippen molar-refractivity contribution in [2.24, 2.45) is 0 Å². The average molecular weight is 344 g/mol. The van der Waals surface area contributed by atoms with Gasteiger partial charge in [-0.15, -0.1) is 0 Å². The van der Waals surface area contributed by atoms with Crippen molar-refractivity contribution in [1.29, 1.82) is 0 Å². The second-order valence-electron chi connectivity index (χ2n) is 5.73. The normalized spacial score (nSPS) is 11.4. The molecule has 5 nitrogen and oxygen atoms in total. The summed E-state index contributed by atoms with van der Waals surface area (Å²) in [6.45, 7) is 0. The third-order valence-corrected chi connectivity index (χ3v) is 5.08. The number of hydrogen-bond donors (Lipinski definition) is 2. The molecule has 0 bridgehead atoms. The minimum atomic E-state index is -0.209. The SMILES string of the molecule is O=C(Nc1nc2ccccc2s1)c1cc2ccc3cccnc3c2[nH]1. The van der Waals surface area contributed by atoms with Gasteiger partial charge in [-0.2, -0.15) is 0 Å². The fourth-order valence-electron chi connectivity index (χ4n) is 2.95. The number of aromatic amines is 1. The average Bonchev–Trinajstić information content (AvgIpc) is 3.25. The highest BCUT2D eigenvalue weighted by Gasteiger charge is 2.14. The third-order valence-electron chi connectivity index (χ3n) is 4.13. The number of amides is 1. The zero-order valence-electron chi connectivity index (χ0n) is 13.0. The van der Waals surface area contributed by atoms with Crippen molar-refractivity contribution in [1.82, 2.24) is 15.0 Å². The van der Waals surface area contributed by atoms with Crippen molar-refractivity contribution < 1.29 is 4.79 Å². The van der Waals surface area contributed by atoms with E-state index in [9.17, 15) is 4.79 Å². The summed E-state index contributed by atoms with van der Waals surface area (Å²) < 4.78 is 1.05. The van der Waals surface area contributed by atoms with Gasteiger partial charge in [-0.3, -0.25) is 15.1 Å². The molecule has 0 aliphatic heterocycles. The van der Waals surface area contributed by atoms with Gasteiger partial charge in [0, 0.05) is 17.0 Å². The number of hydrogen-bond acceptors (Lipinski definition) is 4. The van der Waals surface area contributed by atoms with Gasteiger partial charge in [0.1, 0.15) is 5.69 Å². The minimum absolute atomic E-state index is 0.209. The van der Waals surface area contributed by atoms with Gasteiger partial charge in [0.15, 0.2) is 5.13 Å². The molecule has 0 spiro atoms. The first kappa shape index (κ1) is 14.1. The van der Waals surface area contributed by atoms with Crippen molar-refractivity contribution in [2.45, 2.75) is 0 Å². The number of pyridine rings is 1. The lowest BCUT2D eigenvalue weighted by Gasteiger charge is -1.98. The summed E-state index contributed by atoms with van der Waals surface area (Å²) in [7, 11) is 0. The number of nitrogens with one attached hydrogen (secondary N) is 2. The van der Waals surface area contributed by atoms with E-state index in [4.69, 9.17) is 0 Å². The van der Waals surface area contributed by atoms with E-state index >= 15 is 0 Å². The molecule has 120 valence electrons. The molecule has 0 saturated heterocycles. The quantitative estimate of drug-likeness (QED) is 0.492. The summed E-state index contributed by atoms with van der Waals surface area (Å²) in [6, 6.07) is 17.6. The fraction of sp³-hybridized carbons (Fsp3) is 0. The number of carbonyl (C=O) groups is 1. The molecule has 2 aromatic carbocycles. The van der Waals surface area contributed by atoms with Crippen LogP contribution in [-0.2, 0) is 0 Å². The van der Waals surface area contributed by atoms with Gasteiger partial charge in [-0.05, 0) is 24.3 Å². The molecular formula is C19H12N4OS. The Morgan fingerprint density at radius 1 is 1.04 bits per heavy atom. The highest BCUT2D eigenvalue weighted by atomic mass is 32.1. The molecule has 0 radical (unpaired) electrons. The van der Waals surface area contributed by atoms with Gasteiger partial charge >= 0.3 is 0 Å². The van der Waals surface area contributed by atoms with Crippen molar-refractivity contribution >= 4 is 54.4 Å². The molecule has 0 fully saturated rings. The maximum atomic E-state index is 12.6. The molecule has 0 aliphatic rings. The molecule has 1 amide bonds. The molecule has 25 heavy (non-hydrogen) atoms. The summed E-state index contributed by atoms with van der Waals surface area (Å²) >= 11 is 1.46. The summed E-state index contributed by atoms with van der Waals surface area (Å²) in [6.07, 6.45) is 1.75. The van der Waals surface area contributed by atoms with Crippen LogP contribution in [-0.4, -0.2) is 20.9 Å². The lowest BCUT2D eigenvalue weighted by molar-refractivity contribution is 0.102. The van der Waals surface area contributed by atoms with Crippen molar-refractivity contribution in [3.8, 4) is 0 Å². The largest absolute Gasteiger partial charge is 0.349 e. The molecule has 0 saturated carbocycles. The number of fused-ring (bicyclic) bond motifs is 4. The number of anilines is 1. The second kappa shape index (κ2) is 5.39. The lowest BCUT2D eigenvalue weighted by atomic mass is 10.1. The molecule has 3 heterocycles. The van der Waals surface area contributed by atoms with Gasteiger partial charge in [-0.1, -0.05) is 41.7 Å². The van der Waals surface area contributed by atoms with Gasteiger partial charge in [0.25, 0.3) is 5.91 Å². The van der Waals surface area contributed by atoms with E-state index in [0.29, 0.717) is 10.8 Å². The zero-order valence-corrected chi connectivity index (χ0v) is 13.8. The minimum Gasteiger partial charge on any atom is -0.349 e. The van der Waals surface area contributed by atoms with E-state index in [1.54, 1.807) is 6.20 Å². The Kier molecular flexibility index (Phi) is 3.05. The van der Waals surface area contributed by atoms with Crippen LogP contribution in [0.4, 0.5) is 5.13 Å². The topological polar surface area (TPSA) is 70.7 Å². The van der Waals surface area contributed by atoms with Crippen LogP contribution in [0.2, 0.25) is 0 Å². The maximum Gasteiger partial charge on any atom is 0.273 e. The molecule has 0 aliphatic carbocycles. The smallest absolute Gasteiger partial charge is 0.273 e. The maximum absolute atomic E-state index is 12.6. The lowest BCUT2D eigenvalue weighted by Crippen LogP contribution is -2.11. The van der Waals surface area contributed by atoms with Gasteiger partial charge in [0.2, 0.25) is 0 Å². The standard InChI is InChI=1S/C19H12N4OS/c24-18(23-19-22-13-5-1-2-6-15(13)25-19)14-10-12-8-7-11-4-3-9-20-16(11)17(12)21-14/h1-10,21H,(H,22,23,24). The summed E-state index contributed by atoms with van der Waals surface area (Å²) in [4.78, 5) is 24.7. The number of thiazole rings is 1. The van der Waals surface area contributed by atoms with Crippen LogP contribution in [0.15, 0.2) is 60.8 Å². The summed E-state index contributed by atoms with van der Waals surface area (Å²) in [5, 5.41) is 5.46. The number of para-hydroxylation sites is 1. The van der Waals surface area contributed by atoms with Crippen LogP contribution in [0.25, 0.3) is 32.0 Å². The summed E-state index contributed by atoms with van der Waals surface area (Å²) in [5.74, 6) is -0.209. The molecule has 5 aromatic rings. The molecule has 2 N–H and O–H groups in total.